The second-order valence-electron chi connectivity index (χ2n) is 4.79. The van der Waals surface area contributed by atoms with Crippen molar-refractivity contribution in [3.63, 3.8) is 0 Å². The summed E-state index contributed by atoms with van der Waals surface area (Å²) in [6, 6.07) is 0. The third kappa shape index (κ3) is 2.16. The normalized spacial score (nSPS) is 31.7. The maximum atomic E-state index is 12.0. The number of hydrogen-bond acceptors (Lipinski definition) is 3. The summed E-state index contributed by atoms with van der Waals surface area (Å²) in [6.07, 6.45) is 0. The van der Waals surface area contributed by atoms with Crippen molar-refractivity contribution in [2.45, 2.75) is 6.92 Å². The Kier molecular flexibility index (Phi) is 3.26. The molecular weight excluding hydrogens is 192 g/mol. The molecule has 0 aromatic rings. The van der Waals surface area contributed by atoms with Gasteiger partial charge in [-0.2, -0.15) is 0 Å². The monoisotopic (exact) mass is 212 g/mol. The fourth-order valence-corrected chi connectivity index (χ4v) is 2.37. The Bertz CT molecular complexity index is 241. The van der Waals surface area contributed by atoms with Crippen molar-refractivity contribution in [3.05, 3.63) is 0 Å². The van der Waals surface area contributed by atoms with Crippen LogP contribution in [-0.2, 0) is 9.53 Å². The summed E-state index contributed by atoms with van der Waals surface area (Å²) in [5.74, 6) is 1.66. The predicted molar refractivity (Wildman–Crippen MR) is 57.5 cm³/mol. The van der Waals surface area contributed by atoms with Gasteiger partial charge in [-0.1, -0.05) is 6.92 Å². The van der Waals surface area contributed by atoms with E-state index < -0.39 is 0 Å². The van der Waals surface area contributed by atoms with Crippen LogP contribution in [0.1, 0.15) is 6.92 Å². The first-order valence-corrected chi connectivity index (χ1v) is 5.70. The van der Waals surface area contributed by atoms with Crippen molar-refractivity contribution in [2.24, 2.45) is 17.8 Å². The van der Waals surface area contributed by atoms with Crippen LogP contribution in [0.2, 0.25) is 0 Å². The van der Waals surface area contributed by atoms with Crippen LogP contribution < -0.4 is 5.32 Å². The van der Waals surface area contributed by atoms with Crippen LogP contribution in [0.25, 0.3) is 0 Å². The van der Waals surface area contributed by atoms with Gasteiger partial charge in [0.15, 0.2) is 0 Å². The SMILES string of the molecule is COC[C@@H]1CN(C(=O)C2CNC2)C[C@H]1C. The minimum absolute atomic E-state index is 0.235. The van der Waals surface area contributed by atoms with Crippen molar-refractivity contribution in [1.29, 1.82) is 0 Å². The van der Waals surface area contributed by atoms with Crippen LogP contribution in [0.15, 0.2) is 0 Å². The van der Waals surface area contributed by atoms with Crippen molar-refractivity contribution in [1.82, 2.24) is 10.2 Å². The van der Waals surface area contributed by atoms with Crippen LogP contribution in [-0.4, -0.2) is 50.7 Å². The molecule has 2 rings (SSSR count). The number of likely N-dealkylation sites (tertiary alicyclic amines) is 1. The molecule has 0 aromatic carbocycles. The quantitative estimate of drug-likeness (QED) is 0.713. The summed E-state index contributed by atoms with van der Waals surface area (Å²) in [4.78, 5) is 14.0. The van der Waals surface area contributed by atoms with Gasteiger partial charge in [0, 0.05) is 39.2 Å². The fourth-order valence-electron chi connectivity index (χ4n) is 2.37. The second kappa shape index (κ2) is 4.49. The number of nitrogens with one attached hydrogen (secondary N) is 1. The largest absolute Gasteiger partial charge is 0.384 e. The van der Waals surface area contributed by atoms with Gasteiger partial charge >= 0.3 is 0 Å². The van der Waals surface area contributed by atoms with Crippen LogP contribution in [0.5, 0.6) is 0 Å². The Hall–Kier alpha value is -0.610. The van der Waals surface area contributed by atoms with Gasteiger partial charge in [-0.05, 0) is 5.92 Å². The first kappa shape index (κ1) is 10.9. The van der Waals surface area contributed by atoms with Crippen LogP contribution in [0.4, 0.5) is 0 Å². The highest BCUT2D eigenvalue weighted by molar-refractivity contribution is 5.80. The molecule has 2 saturated heterocycles. The molecule has 0 aromatic heterocycles. The predicted octanol–water partition coefficient (Wildman–Crippen LogP) is -0.0533. The van der Waals surface area contributed by atoms with Crippen molar-refractivity contribution >= 4 is 5.91 Å². The van der Waals surface area contributed by atoms with E-state index in [9.17, 15) is 4.79 Å². The first-order valence-electron chi connectivity index (χ1n) is 5.70. The molecule has 15 heavy (non-hydrogen) atoms. The Labute approximate surface area is 91.0 Å². The standard InChI is InChI=1S/C11H20N2O2/c1-8-5-13(6-10(8)7-15-2)11(14)9-3-12-4-9/h8-10,12H,3-7H2,1-2H3/t8-,10+/m1/s1. The van der Waals surface area contributed by atoms with Gasteiger partial charge < -0.3 is 15.0 Å². The zero-order valence-corrected chi connectivity index (χ0v) is 9.53. The lowest BCUT2D eigenvalue weighted by Crippen LogP contribution is -2.51. The molecule has 2 heterocycles. The lowest BCUT2D eigenvalue weighted by Gasteiger charge is -2.30. The van der Waals surface area contributed by atoms with Crippen molar-refractivity contribution < 1.29 is 9.53 Å². The Morgan fingerprint density at radius 1 is 1.47 bits per heavy atom. The molecule has 2 atom stereocenters. The third-order valence-corrected chi connectivity index (χ3v) is 3.59. The molecule has 4 heteroatoms. The van der Waals surface area contributed by atoms with E-state index in [-0.39, 0.29) is 5.92 Å². The number of rotatable bonds is 3. The number of carbonyl (C=O) groups excluding carboxylic acids is 1. The van der Waals surface area contributed by atoms with E-state index in [0.29, 0.717) is 17.7 Å². The van der Waals surface area contributed by atoms with Gasteiger partial charge in [0.05, 0.1) is 12.5 Å². The van der Waals surface area contributed by atoms with Gasteiger partial charge in [-0.3, -0.25) is 4.79 Å². The van der Waals surface area contributed by atoms with Crippen molar-refractivity contribution in [2.75, 3.05) is 39.9 Å². The summed E-state index contributed by atoms with van der Waals surface area (Å²) in [5.41, 5.74) is 0. The molecule has 0 spiro atoms. The molecule has 0 unspecified atom stereocenters. The van der Waals surface area contributed by atoms with Gasteiger partial charge in [-0.15, -0.1) is 0 Å². The maximum absolute atomic E-state index is 12.0. The van der Waals surface area contributed by atoms with Gasteiger partial charge in [0.1, 0.15) is 0 Å². The van der Waals surface area contributed by atoms with Gasteiger partial charge in [-0.25, -0.2) is 0 Å². The summed E-state index contributed by atoms with van der Waals surface area (Å²) in [5, 5.41) is 3.14. The third-order valence-electron chi connectivity index (χ3n) is 3.59. The first-order chi connectivity index (χ1) is 7.22. The van der Waals surface area contributed by atoms with Crippen LogP contribution >= 0.6 is 0 Å². The molecule has 0 radical (unpaired) electrons. The minimum atomic E-state index is 0.235. The van der Waals surface area contributed by atoms with Crippen LogP contribution in [0.3, 0.4) is 0 Å². The number of amides is 1. The summed E-state index contributed by atoms with van der Waals surface area (Å²) >= 11 is 0. The lowest BCUT2D eigenvalue weighted by atomic mass is 10.00. The number of nitrogens with zero attached hydrogens (tertiary/aromatic N) is 1. The average Bonchev–Trinajstić information content (AvgIpc) is 2.46. The Morgan fingerprint density at radius 3 is 2.73 bits per heavy atom. The molecule has 2 aliphatic heterocycles. The molecule has 86 valence electrons. The highest BCUT2D eigenvalue weighted by Gasteiger charge is 2.36. The van der Waals surface area contributed by atoms with Gasteiger partial charge in [0.25, 0.3) is 0 Å². The molecule has 1 amide bonds. The van der Waals surface area contributed by atoms with E-state index in [1.54, 1.807) is 7.11 Å². The Morgan fingerprint density at radius 2 is 2.20 bits per heavy atom. The summed E-state index contributed by atoms with van der Waals surface area (Å²) < 4.78 is 5.17. The highest BCUT2D eigenvalue weighted by Crippen LogP contribution is 2.25. The Balaban J connectivity index is 1.87. The maximum Gasteiger partial charge on any atom is 0.228 e. The van der Waals surface area contributed by atoms with E-state index in [2.05, 4.69) is 12.2 Å². The number of ether oxygens (including phenoxy) is 1. The molecule has 0 saturated carbocycles. The number of hydrogen-bond donors (Lipinski definition) is 1. The van der Waals surface area contributed by atoms with Crippen LogP contribution in [0, 0.1) is 17.8 Å². The molecular formula is C11H20N2O2. The van der Waals surface area contributed by atoms with E-state index in [0.717, 1.165) is 32.8 Å². The molecule has 2 aliphatic rings. The molecule has 0 bridgehead atoms. The fraction of sp³-hybridized carbons (Fsp3) is 0.909. The summed E-state index contributed by atoms with van der Waals surface area (Å²) in [6.45, 7) is 6.48. The van der Waals surface area contributed by atoms with E-state index >= 15 is 0 Å². The number of methoxy groups -OCH3 is 1. The zero-order chi connectivity index (χ0) is 10.8. The highest BCUT2D eigenvalue weighted by atomic mass is 16.5. The zero-order valence-electron chi connectivity index (χ0n) is 9.53. The van der Waals surface area contributed by atoms with E-state index in [1.807, 2.05) is 4.90 Å². The summed E-state index contributed by atoms with van der Waals surface area (Å²) in [7, 11) is 1.73. The van der Waals surface area contributed by atoms with E-state index in [4.69, 9.17) is 4.74 Å². The van der Waals surface area contributed by atoms with Gasteiger partial charge in [0.2, 0.25) is 5.91 Å². The lowest BCUT2D eigenvalue weighted by molar-refractivity contribution is -0.136. The smallest absolute Gasteiger partial charge is 0.228 e. The van der Waals surface area contributed by atoms with Crippen molar-refractivity contribution in [3.8, 4) is 0 Å². The second-order valence-corrected chi connectivity index (χ2v) is 4.79. The molecule has 4 nitrogen and oxygen atoms in total. The number of carbonyl (C=O) groups is 1. The average molecular weight is 212 g/mol. The molecule has 0 aliphatic carbocycles. The molecule has 1 N–H and O–H groups in total. The molecule has 2 fully saturated rings. The van der Waals surface area contributed by atoms with E-state index in [1.165, 1.54) is 0 Å². The minimum Gasteiger partial charge on any atom is -0.384 e. The topological polar surface area (TPSA) is 41.6 Å².